The molecule has 0 spiro atoms. The first-order valence-corrected chi connectivity index (χ1v) is 10.9. The Kier molecular flexibility index (Phi) is 6.16. The molecule has 29 heavy (non-hydrogen) atoms. The summed E-state index contributed by atoms with van der Waals surface area (Å²) in [6.07, 6.45) is 0. The monoisotopic (exact) mass is 430 g/mol. The van der Waals surface area contributed by atoms with Gasteiger partial charge in [0.15, 0.2) is 5.16 Å². The van der Waals surface area contributed by atoms with Crippen LogP contribution in [-0.2, 0) is 14.8 Å². The summed E-state index contributed by atoms with van der Waals surface area (Å²) >= 11 is 1.11. The zero-order valence-electron chi connectivity index (χ0n) is 15.3. The lowest BCUT2D eigenvalue weighted by Gasteiger charge is -2.16. The van der Waals surface area contributed by atoms with E-state index in [9.17, 15) is 18.0 Å². The molecule has 3 aromatic rings. The fourth-order valence-corrected chi connectivity index (χ4v) is 4.11. The van der Waals surface area contributed by atoms with E-state index in [0.717, 1.165) is 17.3 Å². The van der Waals surface area contributed by atoms with E-state index in [1.165, 1.54) is 30.3 Å². The third-order valence-corrected chi connectivity index (χ3v) is 5.94. The van der Waals surface area contributed by atoms with Crippen LogP contribution in [0.5, 0.6) is 0 Å². The number of hydrogen-bond donors (Lipinski definition) is 3. The number of nitrogens with zero attached hydrogens (tertiary/aromatic N) is 1. The Bertz CT molecular complexity index is 1180. The third kappa shape index (κ3) is 5.53. The van der Waals surface area contributed by atoms with Crippen molar-refractivity contribution in [1.29, 1.82) is 0 Å². The summed E-state index contributed by atoms with van der Waals surface area (Å²) in [5.74, 6) is -0.353. The number of hydrogen-bond acceptors (Lipinski definition) is 6. The lowest BCUT2D eigenvalue weighted by atomic mass is 10.1. The Labute approximate surface area is 171 Å². The SMILES string of the molecule is Cc1cc(=O)[nH]c(S[C@@H](C(=O)Nc2ccc(S(N)(=O)=O)cc2)c2ccccc2)n1. The summed E-state index contributed by atoms with van der Waals surface area (Å²) < 4.78 is 22.7. The molecular formula is C19H18N4O4S2. The van der Waals surface area contributed by atoms with Crippen molar-refractivity contribution in [1.82, 2.24) is 9.97 Å². The van der Waals surface area contributed by atoms with Crippen LogP contribution in [0.1, 0.15) is 16.5 Å². The van der Waals surface area contributed by atoms with Crippen molar-refractivity contribution in [2.24, 2.45) is 5.14 Å². The fraction of sp³-hybridized carbons (Fsp3) is 0.105. The van der Waals surface area contributed by atoms with E-state index in [1.807, 2.05) is 18.2 Å². The molecular weight excluding hydrogens is 412 g/mol. The maximum Gasteiger partial charge on any atom is 0.251 e. The average Bonchev–Trinajstić information content (AvgIpc) is 2.65. The molecule has 0 fully saturated rings. The van der Waals surface area contributed by atoms with Crippen molar-refractivity contribution in [3.8, 4) is 0 Å². The molecule has 2 aromatic carbocycles. The molecule has 0 saturated carbocycles. The topological polar surface area (TPSA) is 135 Å². The highest BCUT2D eigenvalue weighted by Crippen LogP contribution is 2.34. The molecule has 1 aromatic heterocycles. The van der Waals surface area contributed by atoms with E-state index >= 15 is 0 Å². The summed E-state index contributed by atoms with van der Waals surface area (Å²) in [7, 11) is -3.82. The van der Waals surface area contributed by atoms with Gasteiger partial charge in [-0.15, -0.1) is 0 Å². The van der Waals surface area contributed by atoms with E-state index in [0.29, 0.717) is 16.5 Å². The number of anilines is 1. The molecule has 150 valence electrons. The Balaban J connectivity index is 1.87. The number of aromatic amines is 1. The average molecular weight is 431 g/mol. The van der Waals surface area contributed by atoms with Gasteiger partial charge in [-0.3, -0.25) is 9.59 Å². The number of aromatic nitrogens is 2. The number of aryl methyl sites for hydroxylation is 1. The number of rotatable bonds is 6. The highest BCUT2D eigenvalue weighted by molar-refractivity contribution is 8.00. The Morgan fingerprint density at radius 2 is 1.79 bits per heavy atom. The van der Waals surface area contributed by atoms with E-state index in [1.54, 1.807) is 19.1 Å². The minimum Gasteiger partial charge on any atom is -0.325 e. The smallest absolute Gasteiger partial charge is 0.251 e. The number of carbonyl (C=O) groups excluding carboxylic acids is 1. The maximum atomic E-state index is 13.0. The molecule has 0 bridgehead atoms. The number of benzene rings is 2. The summed E-state index contributed by atoms with van der Waals surface area (Å²) in [5, 5.41) is 7.47. The van der Waals surface area contributed by atoms with Gasteiger partial charge in [0.2, 0.25) is 15.9 Å². The molecule has 3 rings (SSSR count). The van der Waals surface area contributed by atoms with Crippen LogP contribution >= 0.6 is 11.8 Å². The van der Waals surface area contributed by atoms with Crippen LogP contribution in [-0.4, -0.2) is 24.3 Å². The van der Waals surface area contributed by atoms with Gasteiger partial charge in [0.1, 0.15) is 5.25 Å². The predicted octanol–water partition coefficient (Wildman–Crippen LogP) is 2.20. The number of primary sulfonamides is 1. The lowest BCUT2D eigenvalue weighted by molar-refractivity contribution is -0.115. The standard InChI is InChI=1S/C19H18N4O4S2/c1-12-11-16(24)23-19(21-12)28-17(13-5-3-2-4-6-13)18(25)22-14-7-9-15(10-8-14)29(20,26)27/h2-11,17H,1H3,(H,22,25)(H2,20,26,27)(H,21,23,24)/t17-/m1/s1. The molecule has 0 radical (unpaired) electrons. The van der Waals surface area contributed by atoms with Crippen LogP contribution < -0.4 is 16.0 Å². The number of thioether (sulfide) groups is 1. The van der Waals surface area contributed by atoms with E-state index in [-0.39, 0.29) is 16.4 Å². The highest BCUT2D eigenvalue weighted by atomic mass is 32.2. The molecule has 8 nitrogen and oxygen atoms in total. The van der Waals surface area contributed by atoms with Crippen molar-refractivity contribution in [2.45, 2.75) is 22.2 Å². The van der Waals surface area contributed by atoms with Crippen LogP contribution in [0.15, 0.2) is 75.5 Å². The minimum absolute atomic E-state index is 0.0500. The Hall–Kier alpha value is -2.95. The Morgan fingerprint density at radius 3 is 2.38 bits per heavy atom. The van der Waals surface area contributed by atoms with Gasteiger partial charge < -0.3 is 10.3 Å². The second-order valence-electron chi connectivity index (χ2n) is 6.16. The van der Waals surface area contributed by atoms with Crippen LogP contribution in [0.2, 0.25) is 0 Å². The van der Waals surface area contributed by atoms with Crippen LogP contribution in [0.4, 0.5) is 5.69 Å². The third-order valence-electron chi connectivity index (χ3n) is 3.87. The van der Waals surface area contributed by atoms with Gasteiger partial charge in [-0.2, -0.15) is 0 Å². The molecule has 0 unspecified atom stereocenters. The Morgan fingerprint density at radius 1 is 1.14 bits per heavy atom. The van der Waals surface area contributed by atoms with E-state index in [4.69, 9.17) is 5.14 Å². The summed E-state index contributed by atoms with van der Waals surface area (Å²) in [6, 6.07) is 16.0. The zero-order chi connectivity index (χ0) is 21.0. The predicted molar refractivity (Wildman–Crippen MR) is 111 cm³/mol. The molecule has 0 aliphatic rings. The number of nitrogens with two attached hydrogens (primary N) is 1. The molecule has 1 heterocycles. The van der Waals surface area contributed by atoms with Gasteiger partial charge in [0.05, 0.1) is 4.90 Å². The molecule has 10 heteroatoms. The summed E-state index contributed by atoms with van der Waals surface area (Å²) in [5.41, 5.74) is 1.38. The van der Waals surface area contributed by atoms with E-state index in [2.05, 4.69) is 15.3 Å². The van der Waals surface area contributed by atoms with Gasteiger partial charge in [-0.05, 0) is 36.8 Å². The number of carbonyl (C=O) groups is 1. The second kappa shape index (κ2) is 8.60. The van der Waals surface area contributed by atoms with E-state index < -0.39 is 15.3 Å². The summed E-state index contributed by atoms with van der Waals surface area (Å²) in [6.45, 7) is 1.70. The quantitative estimate of drug-likeness (QED) is 0.405. The molecule has 1 atom stereocenters. The van der Waals surface area contributed by atoms with Crippen molar-refractivity contribution in [3.05, 3.63) is 82.3 Å². The van der Waals surface area contributed by atoms with Gasteiger partial charge in [-0.25, -0.2) is 18.5 Å². The number of H-pyrrole nitrogens is 1. The van der Waals surface area contributed by atoms with Crippen LogP contribution in [0, 0.1) is 6.92 Å². The van der Waals surface area contributed by atoms with Gasteiger partial charge in [0, 0.05) is 17.4 Å². The first-order chi connectivity index (χ1) is 13.7. The number of nitrogens with one attached hydrogen (secondary N) is 2. The van der Waals surface area contributed by atoms with Gasteiger partial charge in [-0.1, -0.05) is 42.1 Å². The van der Waals surface area contributed by atoms with Gasteiger partial charge in [0.25, 0.3) is 5.56 Å². The minimum atomic E-state index is -3.82. The summed E-state index contributed by atoms with van der Waals surface area (Å²) in [4.78, 5) is 31.6. The lowest BCUT2D eigenvalue weighted by Crippen LogP contribution is -2.20. The number of sulfonamides is 1. The molecule has 1 amide bonds. The highest BCUT2D eigenvalue weighted by Gasteiger charge is 2.23. The number of amides is 1. The molecule has 0 saturated heterocycles. The van der Waals surface area contributed by atoms with Crippen molar-refractivity contribution < 1.29 is 13.2 Å². The van der Waals surface area contributed by atoms with Crippen molar-refractivity contribution in [3.63, 3.8) is 0 Å². The van der Waals surface area contributed by atoms with Crippen LogP contribution in [0.3, 0.4) is 0 Å². The first kappa shape index (κ1) is 20.8. The van der Waals surface area contributed by atoms with Crippen molar-refractivity contribution >= 4 is 33.4 Å². The molecule has 4 N–H and O–H groups in total. The van der Waals surface area contributed by atoms with Crippen molar-refractivity contribution in [2.75, 3.05) is 5.32 Å². The molecule has 0 aliphatic carbocycles. The van der Waals surface area contributed by atoms with Crippen LogP contribution in [0.25, 0.3) is 0 Å². The maximum absolute atomic E-state index is 13.0. The largest absolute Gasteiger partial charge is 0.325 e. The normalized spacial score (nSPS) is 12.3. The second-order valence-corrected chi connectivity index (χ2v) is 8.81. The zero-order valence-corrected chi connectivity index (χ0v) is 17.0. The fourth-order valence-electron chi connectivity index (χ4n) is 2.56. The first-order valence-electron chi connectivity index (χ1n) is 8.46. The molecule has 0 aliphatic heterocycles. The van der Waals surface area contributed by atoms with Gasteiger partial charge >= 0.3 is 0 Å².